The van der Waals surface area contributed by atoms with Crippen molar-refractivity contribution in [3.8, 4) is 0 Å². The summed E-state index contributed by atoms with van der Waals surface area (Å²) in [4.78, 5) is 7.64. The third-order valence-corrected chi connectivity index (χ3v) is 8.45. The summed E-state index contributed by atoms with van der Waals surface area (Å²) in [6.07, 6.45) is 4.90. The molecule has 0 radical (unpaired) electrons. The lowest BCUT2D eigenvalue weighted by Gasteiger charge is -2.32. The number of aliphatic imine (C=N–C) groups is 1. The van der Waals surface area contributed by atoms with Crippen molar-refractivity contribution in [2.45, 2.75) is 56.5 Å². The van der Waals surface area contributed by atoms with E-state index in [1.807, 2.05) is 26.0 Å². The third-order valence-electron chi connectivity index (χ3n) is 5.54. The van der Waals surface area contributed by atoms with Crippen LogP contribution in [-0.4, -0.2) is 48.0 Å². The summed E-state index contributed by atoms with van der Waals surface area (Å²) in [5.41, 5.74) is 2.22. The van der Waals surface area contributed by atoms with Crippen molar-refractivity contribution in [1.29, 1.82) is 0 Å². The molecule has 1 aromatic carbocycles. The van der Waals surface area contributed by atoms with Crippen LogP contribution < -0.4 is 0 Å². The number of sulfonamides is 1. The van der Waals surface area contributed by atoms with Crippen molar-refractivity contribution in [2.24, 2.45) is 4.99 Å². The molecule has 0 bridgehead atoms. The molecule has 1 aliphatic carbocycles. The van der Waals surface area contributed by atoms with Crippen molar-refractivity contribution in [2.75, 3.05) is 13.1 Å². The summed E-state index contributed by atoms with van der Waals surface area (Å²) >= 11 is 1.69. The van der Waals surface area contributed by atoms with Crippen molar-refractivity contribution < 1.29 is 8.42 Å². The van der Waals surface area contributed by atoms with Crippen LogP contribution in [0.25, 0.3) is 5.70 Å². The van der Waals surface area contributed by atoms with Gasteiger partial charge in [0.25, 0.3) is 0 Å². The molecule has 0 unspecified atom stereocenters. The number of fused-ring (bicyclic) bond motifs is 3. The van der Waals surface area contributed by atoms with E-state index in [1.165, 1.54) is 30.0 Å². The van der Waals surface area contributed by atoms with Gasteiger partial charge in [0.05, 0.1) is 22.7 Å². The molecule has 0 spiro atoms. The van der Waals surface area contributed by atoms with Crippen molar-refractivity contribution in [1.82, 2.24) is 9.21 Å². The number of rotatable bonds is 5. The summed E-state index contributed by atoms with van der Waals surface area (Å²) in [7, 11) is -3.41. The normalized spacial score (nSPS) is 25.1. The first-order chi connectivity index (χ1) is 12.6. The SMILES string of the molecule is CCN(CC)S(=O)(=O)c1ccc(C2=CSC3=N[C@H]4CCCC[C@H]4N23)cc1. The standard InChI is InChI=1S/C19H25N3O2S2/c1-3-21(4-2)26(23,24)15-11-9-14(10-12-15)18-13-25-19-20-16-7-5-6-8-17(16)22(18)19/h9-13,16-17H,3-8H2,1-2H3/t16-,17+/m0/s1. The highest BCUT2D eigenvalue weighted by Gasteiger charge is 2.42. The summed E-state index contributed by atoms with van der Waals surface area (Å²) in [6, 6.07) is 8.23. The molecular weight excluding hydrogens is 366 g/mol. The molecule has 26 heavy (non-hydrogen) atoms. The largest absolute Gasteiger partial charge is 0.315 e. The number of hydrogen-bond acceptors (Lipinski definition) is 5. The Kier molecular flexibility index (Phi) is 4.88. The average Bonchev–Trinajstić information content (AvgIpc) is 3.22. The van der Waals surface area contributed by atoms with E-state index in [0.29, 0.717) is 30.1 Å². The molecule has 7 heteroatoms. The van der Waals surface area contributed by atoms with E-state index in [9.17, 15) is 8.42 Å². The van der Waals surface area contributed by atoms with Crippen LogP contribution in [0.1, 0.15) is 45.1 Å². The van der Waals surface area contributed by atoms with Gasteiger partial charge in [-0.2, -0.15) is 4.31 Å². The van der Waals surface area contributed by atoms with Crippen LogP contribution in [0.2, 0.25) is 0 Å². The van der Waals surface area contributed by atoms with Crippen LogP contribution in [0.3, 0.4) is 0 Å². The topological polar surface area (TPSA) is 53.0 Å². The minimum absolute atomic E-state index is 0.363. The number of hydrogen-bond donors (Lipinski definition) is 0. The van der Waals surface area contributed by atoms with E-state index in [0.717, 1.165) is 16.4 Å². The molecule has 4 rings (SSSR count). The van der Waals surface area contributed by atoms with Gasteiger partial charge in [-0.1, -0.05) is 50.6 Å². The van der Waals surface area contributed by atoms with Gasteiger partial charge < -0.3 is 4.90 Å². The van der Waals surface area contributed by atoms with Crippen LogP contribution in [-0.2, 0) is 10.0 Å². The summed E-state index contributed by atoms with van der Waals surface area (Å²) in [6.45, 7) is 4.70. The first-order valence-corrected chi connectivity index (χ1v) is 11.7. The lowest BCUT2D eigenvalue weighted by Crippen LogP contribution is -2.38. The molecule has 0 saturated heterocycles. The van der Waals surface area contributed by atoms with Crippen LogP contribution in [0.15, 0.2) is 39.6 Å². The number of benzene rings is 1. The van der Waals surface area contributed by atoms with E-state index >= 15 is 0 Å². The molecule has 1 saturated carbocycles. The quantitative estimate of drug-likeness (QED) is 0.767. The second kappa shape index (κ2) is 7.02. The molecule has 0 N–H and O–H groups in total. The highest BCUT2D eigenvalue weighted by molar-refractivity contribution is 8.16. The Labute approximate surface area is 160 Å². The van der Waals surface area contributed by atoms with Gasteiger partial charge in [-0.3, -0.25) is 4.99 Å². The van der Waals surface area contributed by atoms with Gasteiger partial charge in [-0.05, 0) is 30.5 Å². The third kappa shape index (κ3) is 2.90. The zero-order chi connectivity index (χ0) is 18.3. The molecule has 2 heterocycles. The van der Waals surface area contributed by atoms with Crippen LogP contribution >= 0.6 is 11.8 Å². The van der Waals surface area contributed by atoms with Gasteiger partial charge >= 0.3 is 0 Å². The highest BCUT2D eigenvalue weighted by Crippen LogP contribution is 2.44. The monoisotopic (exact) mass is 391 g/mol. The van der Waals surface area contributed by atoms with E-state index in [-0.39, 0.29) is 0 Å². The Hall–Kier alpha value is -1.31. The zero-order valence-electron chi connectivity index (χ0n) is 15.3. The molecule has 3 aliphatic rings. The maximum atomic E-state index is 12.7. The Balaban J connectivity index is 1.59. The van der Waals surface area contributed by atoms with Gasteiger partial charge in [0, 0.05) is 18.5 Å². The molecule has 2 aliphatic heterocycles. The van der Waals surface area contributed by atoms with E-state index in [1.54, 1.807) is 23.9 Å². The molecule has 0 amide bonds. The number of amidine groups is 1. The van der Waals surface area contributed by atoms with Crippen molar-refractivity contribution >= 4 is 32.6 Å². The fourth-order valence-corrected chi connectivity index (χ4v) is 6.61. The Morgan fingerprint density at radius 2 is 1.85 bits per heavy atom. The van der Waals surface area contributed by atoms with Crippen LogP contribution in [0.4, 0.5) is 0 Å². The molecule has 140 valence electrons. The fourth-order valence-electron chi connectivity index (χ4n) is 4.14. The Bertz CT molecular complexity index is 842. The first-order valence-electron chi connectivity index (χ1n) is 9.40. The number of thioether (sulfide) groups is 1. The van der Waals surface area contributed by atoms with Crippen LogP contribution in [0, 0.1) is 0 Å². The predicted molar refractivity (Wildman–Crippen MR) is 107 cm³/mol. The summed E-state index contributed by atoms with van der Waals surface area (Å²) in [5, 5.41) is 3.26. The lowest BCUT2D eigenvalue weighted by atomic mass is 9.90. The maximum Gasteiger partial charge on any atom is 0.243 e. The van der Waals surface area contributed by atoms with Gasteiger partial charge in [-0.15, -0.1) is 0 Å². The molecular formula is C19H25N3O2S2. The van der Waals surface area contributed by atoms with E-state index in [2.05, 4.69) is 10.3 Å². The summed E-state index contributed by atoms with van der Waals surface area (Å²) in [5.74, 6) is 0. The van der Waals surface area contributed by atoms with E-state index < -0.39 is 10.0 Å². The van der Waals surface area contributed by atoms with Gasteiger partial charge in [0.2, 0.25) is 10.0 Å². The molecule has 2 atom stereocenters. The van der Waals surface area contributed by atoms with Crippen molar-refractivity contribution in [3.05, 3.63) is 35.2 Å². The lowest BCUT2D eigenvalue weighted by molar-refractivity contribution is 0.305. The van der Waals surface area contributed by atoms with Gasteiger partial charge in [0.1, 0.15) is 0 Å². The van der Waals surface area contributed by atoms with Gasteiger partial charge in [-0.25, -0.2) is 8.42 Å². The smallest absolute Gasteiger partial charge is 0.243 e. The minimum Gasteiger partial charge on any atom is -0.315 e. The zero-order valence-corrected chi connectivity index (χ0v) is 16.9. The van der Waals surface area contributed by atoms with Gasteiger partial charge in [0.15, 0.2) is 5.17 Å². The molecule has 1 fully saturated rings. The molecule has 5 nitrogen and oxygen atoms in total. The number of nitrogens with zero attached hydrogens (tertiary/aromatic N) is 3. The second-order valence-electron chi connectivity index (χ2n) is 6.94. The van der Waals surface area contributed by atoms with Crippen LogP contribution in [0.5, 0.6) is 0 Å². The summed E-state index contributed by atoms with van der Waals surface area (Å²) < 4.78 is 26.8. The average molecular weight is 392 g/mol. The van der Waals surface area contributed by atoms with E-state index in [4.69, 9.17) is 4.99 Å². The van der Waals surface area contributed by atoms with Crippen molar-refractivity contribution in [3.63, 3.8) is 0 Å². The maximum absolute atomic E-state index is 12.7. The minimum atomic E-state index is -3.41. The predicted octanol–water partition coefficient (Wildman–Crippen LogP) is 3.75. The second-order valence-corrected chi connectivity index (χ2v) is 9.71. The highest BCUT2D eigenvalue weighted by atomic mass is 32.2. The Morgan fingerprint density at radius 1 is 1.15 bits per heavy atom. The Morgan fingerprint density at radius 3 is 2.54 bits per heavy atom. The first kappa shape index (κ1) is 18.1. The molecule has 1 aromatic rings. The fraction of sp³-hybridized carbons (Fsp3) is 0.526. The molecule has 0 aromatic heterocycles.